The van der Waals surface area contributed by atoms with E-state index in [4.69, 9.17) is 5.14 Å². The number of hydrogen-bond acceptors (Lipinski definition) is 7. The summed E-state index contributed by atoms with van der Waals surface area (Å²) in [6, 6.07) is 0. The van der Waals surface area contributed by atoms with Gasteiger partial charge in [0.15, 0.2) is 0 Å². The molecule has 0 bridgehead atoms. The van der Waals surface area contributed by atoms with Gasteiger partial charge in [0.05, 0.1) is 11.4 Å². The van der Waals surface area contributed by atoms with Crippen LogP contribution in [0.25, 0.3) is 0 Å². The normalized spacial score (nSPS) is 20.2. The van der Waals surface area contributed by atoms with Crippen molar-refractivity contribution in [2.75, 3.05) is 48.7 Å². The zero-order valence-corrected chi connectivity index (χ0v) is 14.6. The van der Waals surface area contributed by atoms with E-state index in [0.717, 1.165) is 26.2 Å². The van der Waals surface area contributed by atoms with Crippen molar-refractivity contribution in [3.63, 3.8) is 0 Å². The molecule has 1 saturated heterocycles. The molecule has 0 saturated carbocycles. The van der Waals surface area contributed by atoms with Crippen LogP contribution < -0.4 is 20.7 Å². The minimum absolute atomic E-state index is 0.00878. The number of alkyl halides is 2. The van der Waals surface area contributed by atoms with E-state index in [1.807, 2.05) is 4.90 Å². The lowest BCUT2D eigenvalue weighted by Gasteiger charge is -2.30. The highest BCUT2D eigenvalue weighted by Gasteiger charge is 2.37. The van der Waals surface area contributed by atoms with Crippen LogP contribution in [0.2, 0.25) is 0 Å². The molecule has 2 heterocycles. The summed E-state index contributed by atoms with van der Waals surface area (Å²) in [6.45, 7) is 3.06. The fraction of sp³-hybridized carbons (Fsp3) is 0.714. The molecule has 0 unspecified atom stereocenters. The second kappa shape index (κ2) is 6.96. The lowest BCUT2D eigenvalue weighted by Crippen LogP contribution is -2.44. The number of nitrogens with one attached hydrogen (secondary N) is 2. The van der Waals surface area contributed by atoms with Gasteiger partial charge in [0, 0.05) is 51.1 Å². The van der Waals surface area contributed by atoms with E-state index in [0.29, 0.717) is 17.2 Å². The SMILES string of the molecule is NS(=O)(=O)CCNc1nc(N2CCNCC2)nc2c1CC(F)(F)CC2. The number of aromatic nitrogens is 2. The third-order valence-corrected chi connectivity index (χ3v) is 5.10. The molecule has 1 fully saturated rings. The molecular weight excluding hydrogens is 354 g/mol. The molecule has 0 amide bonds. The van der Waals surface area contributed by atoms with Crippen LogP contribution in [0.4, 0.5) is 20.5 Å². The molecule has 0 aromatic carbocycles. The van der Waals surface area contributed by atoms with E-state index in [1.165, 1.54) is 0 Å². The van der Waals surface area contributed by atoms with Crippen molar-refractivity contribution < 1.29 is 17.2 Å². The highest BCUT2D eigenvalue weighted by Crippen LogP contribution is 2.36. The van der Waals surface area contributed by atoms with Crippen LogP contribution >= 0.6 is 0 Å². The first-order valence-electron chi connectivity index (χ1n) is 8.21. The van der Waals surface area contributed by atoms with Crippen molar-refractivity contribution in [3.8, 4) is 0 Å². The first-order valence-corrected chi connectivity index (χ1v) is 9.93. The van der Waals surface area contributed by atoms with Gasteiger partial charge >= 0.3 is 0 Å². The van der Waals surface area contributed by atoms with Gasteiger partial charge in [0.25, 0.3) is 5.92 Å². The van der Waals surface area contributed by atoms with Crippen molar-refractivity contribution in [2.24, 2.45) is 5.14 Å². The van der Waals surface area contributed by atoms with Crippen LogP contribution in [0, 0.1) is 0 Å². The molecule has 25 heavy (non-hydrogen) atoms. The smallest absolute Gasteiger partial charge is 0.252 e. The number of nitrogens with zero attached hydrogens (tertiary/aromatic N) is 3. The maximum Gasteiger partial charge on any atom is 0.252 e. The number of hydrogen-bond donors (Lipinski definition) is 3. The minimum atomic E-state index is -3.64. The fourth-order valence-electron chi connectivity index (χ4n) is 3.02. The van der Waals surface area contributed by atoms with Crippen LogP contribution in [0.5, 0.6) is 0 Å². The predicted octanol–water partition coefficient (Wildman–Crippen LogP) is -0.289. The molecule has 1 aromatic heterocycles. The molecule has 1 aromatic rings. The van der Waals surface area contributed by atoms with Crippen molar-refractivity contribution in [3.05, 3.63) is 11.3 Å². The Labute approximate surface area is 145 Å². The summed E-state index contributed by atoms with van der Waals surface area (Å²) in [6.07, 6.45) is -0.510. The average molecular weight is 376 g/mol. The number of primary sulfonamides is 1. The van der Waals surface area contributed by atoms with Crippen LogP contribution in [-0.2, 0) is 22.9 Å². The Kier molecular flexibility index (Phi) is 5.07. The number of rotatable bonds is 5. The van der Waals surface area contributed by atoms with Crippen LogP contribution in [0.15, 0.2) is 0 Å². The highest BCUT2D eigenvalue weighted by atomic mass is 32.2. The molecule has 0 atom stereocenters. The Hall–Kier alpha value is -1.59. The van der Waals surface area contributed by atoms with Gasteiger partial charge in [-0.25, -0.2) is 27.3 Å². The standard InChI is InChI=1S/C14H22F2N6O2S/c15-14(16)2-1-11-10(9-14)12(19-5-8-25(17,23)24)21-13(20-11)22-6-3-18-4-7-22/h18H,1-9H2,(H2,17,23,24)(H,19,20,21). The summed E-state index contributed by atoms with van der Waals surface area (Å²) in [5.74, 6) is -2.33. The largest absolute Gasteiger partial charge is 0.369 e. The fourth-order valence-corrected chi connectivity index (χ4v) is 3.41. The van der Waals surface area contributed by atoms with E-state index in [2.05, 4.69) is 20.6 Å². The van der Waals surface area contributed by atoms with Crippen molar-refractivity contribution >= 4 is 21.8 Å². The highest BCUT2D eigenvalue weighted by molar-refractivity contribution is 7.89. The number of fused-ring (bicyclic) bond motifs is 1. The Bertz CT molecular complexity index is 737. The van der Waals surface area contributed by atoms with E-state index >= 15 is 0 Å². The van der Waals surface area contributed by atoms with Crippen LogP contribution in [0.1, 0.15) is 17.7 Å². The predicted molar refractivity (Wildman–Crippen MR) is 90.6 cm³/mol. The minimum Gasteiger partial charge on any atom is -0.369 e. The zero-order chi connectivity index (χ0) is 18.1. The molecule has 1 aliphatic carbocycles. The number of piperazine rings is 1. The first-order chi connectivity index (χ1) is 11.7. The number of nitrogens with two attached hydrogens (primary N) is 1. The monoisotopic (exact) mass is 376 g/mol. The third-order valence-electron chi connectivity index (χ3n) is 4.32. The van der Waals surface area contributed by atoms with Gasteiger partial charge in [-0.15, -0.1) is 0 Å². The Balaban J connectivity index is 1.88. The molecule has 0 radical (unpaired) electrons. The van der Waals surface area contributed by atoms with Crippen molar-refractivity contribution in [2.45, 2.75) is 25.2 Å². The number of aryl methyl sites for hydroxylation is 1. The first kappa shape index (κ1) is 18.2. The Morgan fingerprint density at radius 3 is 2.68 bits per heavy atom. The summed E-state index contributed by atoms with van der Waals surface area (Å²) in [4.78, 5) is 10.9. The van der Waals surface area contributed by atoms with Crippen molar-refractivity contribution in [1.29, 1.82) is 0 Å². The number of halogens is 2. The summed E-state index contributed by atoms with van der Waals surface area (Å²) in [5.41, 5.74) is 0.970. The summed E-state index contributed by atoms with van der Waals surface area (Å²) in [5, 5.41) is 11.1. The van der Waals surface area contributed by atoms with Gasteiger partial charge in [0.2, 0.25) is 16.0 Å². The Morgan fingerprint density at radius 2 is 2.00 bits per heavy atom. The van der Waals surface area contributed by atoms with E-state index in [-0.39, 0.29) is 31.0 Å². The molecule has 0 spiro atoms. The Morgan fingerprint density at radius 1 is 1.28 bits per heavy atom. The maximum atomic E-state index is 13.8. The molecule has 140 valence electrons. The summed E-state index contributed by atoms with van der Waals surface area (Å²) >= 11 is 0. The molecule has 2 aliphatic rings. The van der Waals surface area contributed by atoms with E-state index < -0.39 is 22.4 Å². The topological polar surface area (TPSA) is 113 Å². The summed E-state index contributed by atoms with van der Waals surface area (Å²) < 4.78 is 49.8. The second-order valence-electron chi connectivity index (χ2n) is 6.36. The van der Waals surface area contributed by atoms with Gasteiger partial charge in [-0.3, -0.25) is 0 Å². The molecule has 8 nitrogen and oxygen atoms in total. The summed E-state index contributed by atoms with van der Waals surface area (Å²) in [7, 11) is -3.64. The van der Waals surface area contributed by atoms with E-state index in [1.54, 1.807) is 0 Å². The van der Waals surface area contributed by atoms with Gasteiger partial charge in [0.1, 0.15) is 5.82 Å². The lowest BCUT2D eigenvalue weighted by molar-refractivity contribution is -0.0127. The third kappa shape index (κ3) is 4.73. The van der Waals surface area contributed by atoms with Gasteiger partial charge in [-0.05, 0) is 6.42 Å². The molecule has 3 rings (SSSR count). The van der Waals surface area contributed by atoms with Crippen LogP contribution in [-0.4, -0.2) is 62.8 Å². The van der Waals surface area contributed by atoms with Gasteiger partial charge in [-0.1, -0.05) is 0 Å². The quantitative estimate of drug-likeness (QED) is 0.647. The lowest BCUT2D eigenvalue weighted by atomic mass is 9.93. The van der Waals surface area contributed by atoms with Gasteiger partial charge in [-0.2, -0.15) is 4.98 Å². The molecular formula is C14H22F2N6O2S. The molecule has 1 aliphatic heterocycles. The van der Waals surface area contributed by atoms with Gasteiger partial charge < -0.3 is 15.5 Å². The average Bonchev–Trinajstić information content (AvgIpc) is 2.54. The zero-order valence-electron chi connectivity index (χ0n) is 13.8. The molecule has 4 N–H and O–H groups in total. The number of sulfonamides is 1. The molecule has 11 heteroatoms. The van der Waals surface area contributed by atoms with E-state index in [9.17, 15) is 17.2 Å². The second-order valence-corrected chi connectivity index (χ2v) is 8.09. The van der Waals surface area contributed by atoms with Crippen molar-refractivity contribution in [1.82, 2.24) is 15.3 Å². The van der Waals surface area contributed by atoms with Crippen LogP contribution in [0.3, 0.4) is 0 Å². The maximum absolute atomic E-state index is 13.8. The number of anilines is 2.